The Kier molecular flexibility index (Phi) is 6.05. The standard InChI is InChI=1S/C16H19N3O4/c1-21-13-4-6-14(7-5-13)23-10-9-17-12-3-8-15(18-11-12)19-16(20)22-2/h3-8,11,17H,9-10H2,1-2H3,(H,18,19,20). The summed E-state index contributed by atoms with van der Waals surface area (Å²) in [5.41, 5.74) is 0.832. The van der Waals surface area contributed by atoms with Crippen LogP contribution < -0.4 is 20.1 Å². The summed E-state index contributed by atoms with van der Waals surface area (Å²) in [6, 6.07) is 10.9. The summed E-state index contributed by atoms with van der Waals surface area (Å²) in [5.74, 6) is 2.00. The number of aromatic nitrogens is 1. The summed E-state index contributed by atoms with van der Waals surface area (Å²) in [7, 11) is 2.92. The molecule has 1 amide bonds. The van der Waals surface area contributed by atoms with Crippen LogP contribution in [0.25, 0.3) is 0 Å². The number of pyridine rings is 1. The maximum atomic E-state index is 11.0. The van der Waals surface area contributed by atoms with Crippen LogP contribution in [-0.2, 0) is 4.74 Å². The van der Waals surface area contributed by atoms with E-state index in [1.165, 1.54) is 7.11 Å². The molecule has 1 aromatic heterocycles. The maximum absolute atomic E-state index is 11.0. The van der Waals surface area contributed by atoms with Crippen molar-refractivity contribution in [2.45, 2.75) is 0 Å². The second kappa shape index (κ2) is 8.47. The van der Waals surface area contributed by atoms with E-state index < -0.39 is 6.09 Å². The van der Waals surface area contributed by atoms with Gasteiger partial charge in [-0.05, 0) is 36.4 Å². The average molecular weight is 317 g/mol. The van der Waals surface area contributed by atoms with Crippen molar-refractivity contribution >= 4 is 17.6 Å². The number of rotatable bonds is 7. The summed E-state index contributed by atoms with van der Waals surface area (Å²) in [5, 5.41) is 5.66. The quantitative estimate of drug-likeness (QED) is 0.764. The van der Waals surface area contributed by atoms with Crippen molar-refractivity contribution < 1.29 is 19.0 Å². The van der Waals surface area contributed by atoms with Gasteiger partial charge in [0.1, 0.15) is 23.9 Å². The molecule has 7 heteroatoms. The molecule has 1 aromatic carbocycles. The van der Waals surface area contributed by atoms with Gasteiger partial charge in [-0.1, -0.05) is 0 Å². The maximum Gasteiger partial charge on any atom is 0.412 e. The van der Waals surface area contributed by atoms with Crippen LogP contribution in [0.1, 0.15) is 0 Å². The second-order valence-corrected chi connectivity index (χ2v) is 4.50. The first kappa shape index (κ1) is 16.4. The summed E-state index contributed by atoms with van der Waals surface area (Å²) >= 11 is 0. The van der Waals surface area contributed by atoms with Crippen molar-refractivity contribution in [2.24, 2.45) is 0 Å². The second-order valence-electron chi connectivity index (χ2n) is 4.50. The van der Waals surface area contributed by atoms with Crippen LogP contribution in [0.3, 0.4) is 0 Å². The number of nitrogens with zero attached hydrogens (tertiary/aromatic N) is 1. The number of amides is 1. The molecule has 0 radical (unpaired) electrons. The highest BCUT2D eigenvalue weighted by Crippen LogP contribution is 2.17. The van der Waals surface area contributed by atoms with E-state index in [4.69, 9.17) is 9.47 Å². The van der Waals surface area contributed by atoms with Gasteiger partial charge in [0.2, 0.25) is 0 Å². The van der Waals surface area contributed by atoms with E-state index in [-0.39, 0.29) is 0 Å². The first-order chi connectivity index (χ1) is 11.2. The van der Waals surface area contributed by atoms with Crippen LogP contribution in [-0.4, -0.2) is 38.4 Å². The Balaban J connectivity index is 1.72. The predicted molar refractivity (Wildman–Crippen MR) is 87.2 cm³/mol. The third kappa shape index (κ3) is 5.39. The molecule has 0 fully saturated rings. The summed E-state index contributed by atoms with van der Waals surface area (Å²) in [6.07, 6.45) is 1.07. The Morgan fingerprint density at radius 2 is 1.83 bits per heavy atom. The highest BCUT2D eigenvalue weighted by Gasteiger charge is 2.01. The van der Waals surface area contributed by atoms with E-state index in [0.29, 0.717) is 19.0 Å². The van der Waals surface area contributed by atoms with Gasteiger partial charge < -0.3 is 19.5 Å². The lowest BCUT2D eigenvalue weighted by atomic mass is 10.3. The van der Waals surface area contributed by atoms with Crippen LogP contribution >= 0.6 is 0 Å². The molecule has 2 rings (SSSR count). The van der Waals surface area contributed by atoms with Crippen molar-refractivity contribution in [3.8, 4) is 11.5 Å². The summed E-state index contributed by atoms with van der Waals surface area (Å²) in [4.78, 5) is 15.1. The lowest BCUT2D eigenvalue weighted by molar-refractivity contribution is 0.187. The fourth-order valence-electron chi connectivity index (χ4n) is 1.76. The van der Waals surface area contributed by atoms with Gasteiger partial charge in [0.25, 0.3) is 0 Å². The van der Waals surface area contributed by atoms with E-state index in [1.54, 1.807) is 19.4 Å². The van der Waals surface area contributed by atoms with Gasteiger partial charge in [-0.2, -0.15) is 0 Å². The lowest BCUT2D eigenvalue weighted by Crippen LogP contribution is -2.13. The lowest BCUT2D eigenvalue weighted by Gasteiger charge is -2.09. The molecule has 0 saturated carbocycles. The number of ether oxygens (including phenoxy) is 3. The monoisotopic (exact) mass is 317 g/mol. The zero-order chi connectivity index (χ0) is 16.5. The number of anilines is 2. The molecule has 23 heavy (non-hydrogen) atoms. The Morgan fingerprint density at radius 1 is 1.09 bits per heavy atom. The first-order valence-electron chi connectivity index (χ1n) is 7.03. The molecule has 122 valence electrons. The van der Waals surface area contributed by atoms with E-state index in [1.807, 2.05) is 30.3 Å². The Hall–Kier alpha value is -2.96. The molecular formula is C16H19N3O4. The molecule has 1 heterocycles. The molecule has 0 spiro atoms. The van der Waals surface area contributed by atoms with Gasteiger partial charge in [0, 0.05) is 6.54 Å². The molecule has 0 saturated heterocycles. The normalized spacial score (nSPS) is 9.83. The molecule has 0 aliphatic heterocycles. The topological polar surface area (TPSA) is 81.7 Å². The van der Waals surface area contributed by atoms with Crippen molar-refractivity contribution in [3.05, 3.63) is 42.6 Å². The van der Waals surface area contributed by atoms with Crippen molar-refractivity contribution in [3.63, 3.8) is 0 Å². The molecule has 2 aromatic rings. The van der Waals surface area contributed by atoms with E-state index >= 15 is 0 Å². The third-order valence-corrected chi connectivity index (χ3v) is 2.94. The van der Waals surface area contributed by atoms with Gasteiger partial charge in [0.15, 0.2) is 0 Å². The Bertz CT molecular complexity index is 614. The van der Waals surface area contributed by atoms with Crippen molar-refractivity contribution in [1.82, 2.24) is 4.98 Å². The van der Waals surface area contributed by atoms with E-state index in [2.05, 4.69) is 20.4 Å². The number of carbonyl (C=O) groups is 1. The van der Waals surface area contributed by atoms with Crippen molar-refractivity contribution in [2.75, 3.05) is 38.0 Å². The molecule has 2 N–H and O–H groups in total. The smallest absolute Gasteiger partial charge is 0.412 e. The Morgan fingerprint density at radius 3 is 2.43 bits per heavy atom. The molecule has 0 aliphatic carbocycles. The molecular weight excluding hydrogens is 298 g/mol. The molecule has 0 atom stereocenters. The summed E-state index contributed by atoms with van der Waals surface area (Å²) in [6.45, 7) is 1.13. The largest absolute Gasteiger partial charge is 0.497 e. The molecule has 0 unspecified atom stereocenters. The fraction of sp³-hybridized carbons (Fsp3) is 0.250. The molecule has 7 nitrogen and oxygen atoms in total. The van der Waals surface area contributed by atoms with Gasteiger partial charge in [-0.3, -0.25) is 5.32 Å². The zero-order valence-corrected chi connectivity index (χ0v) is 13.0. The van der Waals surface area contributed by atoms with Crippen LogP contribution in [0.2, 0.25) is 0 Å². The number of benzene rings is 1. The predicted octanol–water partition coefficient (Wildman–Crippen LogP) is 2.76. The Labute approximate surface area is 134 Å². The number of hydrogen-bond donors (Lipinski definition) is 2. The van der Waals surface area contributed by atoms with Gasteiger partial charge in [-0.15, -0.1) is 0 Å². The van der Waals surface area contributed by atoms with Gasteiger partial charge in [0.05, 0.1) is 26.1 Å². The van der Waals surface area contributed by atoms with Crippen LogP contribution in [0.15, 0.2) is 42.6 Å². The van der Waals surface area contributed by atoms with Crippen molar-refractivity contribution in [1.29, 1.82) is 0 Å². The van der Waals surface area contributed by atoms with Gasteiger partial charge >= 0.3 is 6.09 Å². The number of methoxy groups -OCH3 is 2. The first-order valence-corrected chi connectivity index (χ1v) is 7.03. The minimum Gasteiger partial charge on any atom is -0.497 e. The van der Waals surface area contributed by atoms with Crippen LogP contribution in [0.4, 0.5) is 16.3 Å². The SMILES string of the molecule is COC(=O)Nc1ccc(NCCOc2ccc(OC)cc2)cn1. The van der Waals surface area contributed by atoms with E-state index in [0.717, 1.165) is 17.2 Å². The van der Waals surface area contributed by atoms with Crippen LogP contribution in [0, 0.1) is 0 Å². The third-order valence-electron chi connectivity index (χ3n) is 2.94. The number of carbonyl (C=O) groups excluding carboxylic acids is 1. The minimum absolute atomic E-state index is 0.428. The van der Waals surface area contributed by atoms with E-state index in [9.17, 15) is 4.79 Å². The minimum atomic E-state index is -0.550. The fourth-order valence-corrected chi connectivity index (χ4v) is 1.76. The zero-order valence-electron chi connectivity index (χ0n) is 13.0. The molecule has 0 bridgehead atoms. The average Bonchev–Trinajstić information content (AvgIpc) is 2.60. The molecule has 0 aliphatic rings. The van der Waals surface area contributed by atoms with Crippen LogP contribution in [0.5, 0.6) is 11.5 Å². The number of nitrogens with one attached hydrogen (secondary N) is 2. The summed E-state index contributed by atoms with van der Waals surface area (Å²) < 4.78 is 15.2. The van der Waals surface area contributed by atoms with Gasteiger partial charge in [-0.25, -0.2) is 9.78 Å². The number of hydrogen-bond acceptors (Lipinski definition) is 6. The highest BCUT2D eigenvalue weighted by molar-refractivity contribution is 5.83. The highest BCUT2D eigenvalue weighted by atomic mass is 16.5.